The van der Waals surface area contributed by atoms with Crippen LogP contribution in [0.4, 0.5) is 0 Å². The van der Waals surface area contributed by atoms with E-state index >= 15 is 0 Å². The van der Waals surface area contributed by atoms with Crippen LogP contribution in [0.3, 0.4) is 0 Å². The molecule has 0 unspecified atom stereocenters. The number of nitrogens with zero attached hydrogens (tertiary/aromatic N) is 1. The molecule has 64 valence electrons. The van der Waals surface area contributed by atoms with Crippen LogP contribution in [0.15, 0.2) is 12.1 Å². The highest BCUT2D eigenvalue weighted by molar-refractivity contribution is 5.76. The lowest BCUT2D eigenvalue weighted by Crippen LogP contribution is -2.13. The number of primary amides is 1. The van der Waals surface area contributed by atoms with Gasteiger partial charge < -0.3 is 5.73 Å². The molecule has 0 atom stereocenters. The molecule has 2 N–H and O–H groups in total. The summed E-state index contributed by atoms with van der Waals surface area (Å²) in [6.07, 6.45) is 0.296. The highest BCUT2D eigenvalue weighted by Crippen LogP contribution is 2.04. The van der Waals surface area contributed by atoms with Crippen LogP contribution < -0.4 is 5.73 Å². The Morgan fingerprint density at radius 1 is 1.42 bits per heavy atom. The van der Waals surface area contributed by atoms with Crippen LogP contribution in [-0.2, 0) is 11.2 Å². The molecule has 1 amide bonds. The van der Waals surface area contributed by atoms with E-state index in [1.807, 2.05) is 26.0 Å². The van der Waals surface area contributed by atoms with Gasteiger partial charge in [0.25, 0.3) is 0 Å². The molecule has 1 rings (SSSR count). The summed E-state index contributed by atoms with van der Waals surface area (Å²) in [5.74, 6) is -0.306. The lowest BCUT2D eigenvalue weighted by molar-refractivity contribution is -0.117. The van der Waals surface area contributed by atoms with Gasteiger partial charge in [0.1, 0.15) is 0 Å². The second-order valence-corrected chi connectivity index (χ2v) is 2.90. The maximum atomic E-state index is 10.6. The van der Waals surface area contributed by atoms with E-state index in [4.69, 9.17) is 5.73 Å². The van der Waals surface area contributed by atoms with Gasteiger partial charge >= 0.3 is 0 Å². The maximum Gasteiger partial charge on any atom is 0.221 e. The van der Waals surface area contributed by atoms with Crippen molar-refractivity contribution >= 4 is 5.91 Å². The molecule has 0 radical (unpaired) electrons. The standard InChI is InChI=1S/C9H12N2O/c1-6-3-8(5-9(10)12)4-7(2)11-6/h3-4H,5H2,1-2H3,(H2,10,12). The van der Waals surface area contributed by atoms with Crippen LogP contribution in [-0.4, -0.2) is 10.9 Å². The van der Waals surface area contributed by atoms with Crippen molar-refractivity contribution in [1.82, 2.24) is 4.98 Å². The molecule has 0 bridgehead atoms. The molecule has 0 aliphatic heterocycles. The number of rotatable bonds is 2. The zero-order chi connectivity index (χ0) is 9.14. The first-order valence-electron chi connectivity index (χ1n) is 3.80. The molecule has 0 spiro atoms. The lowest BCUT2D eigenvalue weighted by atomic mass is 10.1. The molecule has 3 heteroatoms. The van der Waals surface area contributed by atoms with Gasteiger partial charge in [-0.25, -0.2) is 0 Å². The lowest BCUT2D eigenvalue weighted by Gasteiger charge is -2.00. The molecule has 3 nitrogen and oxygen atoms in total. The Labute approximate surface area is 71.6 Å². The predicted octanol–water partition coefficient (Wildman–Crippen LogP) is 0.726. The Morgan fingerprint density at radius 3 is 2.33 bits per heavy atom. The van der Waals surface area contributed by atoms with E-state index in [0.29, 0.717) is 6.42 Å². The van der Waals surface area contributed by atoms with Crippen LogP contribution >= 0.6 is 0 Å². The van der Waals surface area contributed by atoms with Crippen LogP contribution in [0.5, 0.6) is 0 Å². The number of aromatic nitrogens is 1. The van der Waals surface area contributed by atoms with Crippen molar-refractivity contribution in [2.75, 3.05) is 0 Å². The van der Waals surface area contributed by atoms with Crippen molar-refractivity contribution in [3.05, 3.63) is 29.1 Å². The highest BCUT2D eigenvalue weighted by Gasteiger charge is 2.00. The van der Waals surface area contributed by atoms with Gasteiger partial charge in [0.05, 0.1) is 6.42 Å². The fourth-order valence-electron chi connectivity index (χ4n) is 1.22. The quantitative estimate of drug-likeness (QED) is 0.700. The first kappa shape index (κ1) is 8.71. The summed E-state index contributed by atoms with van der Waals surface area (Å²) in [5, 5.41) is 0. The average Bonchev–Trinajstić information content (AvgIpc) is 1.81. The largest absolute Gasteiger partial charge is 0.369 e. The third kappa shape index (κ3) is 2.34. The third-order valence-corrected chi connectivity index (χ3v) is 1.52. The summed E-state index contributed by atoms with van der Waals surface area (Å²) in [4.78, 5) is 14.8. The SMILES string of the molecule is Cc1cc(CC(N)=O)cc(C)n1. The van der Waals surface area contributed by atoms with E-state index in [9.17, 15) is 4.79 Å². The van der Waals surface area contributed by atoms with Crippen LogP contribution in [0.1, 0.15) is 17.0 Å². The van der Waals surface area contributed by atoms with E-state index < -0.39 is 0 Å². The van der Waals surface area contributed by atoms with Gasteiger partial charge in [-0.3, -0.25) is 9.78 Å². The Kier molecular flexibility index (Phi) is 2.43. The number of aryl methyl sites for hydroxylation is 2. The third-order valence-electron chi connectivity index (χ3n) is 1.52. The van der Waals surface area contributed by atoms with Crippen molar-refractivity contribution in [2.45, 2.75) is 20.3 Å². The molecule has 1 aromatic rings. The minimum atomic E-state index is -0.306. The van der Waals surface area contributed by atoms with Crippen molar-refractivity contribution in [1.29, 1.82) is 0 Å². The molecular weight excluding hydrogens is 152 g/mol. The molecular formula is C9H12N2O. The van der Waals surface area contributed by atoms with Gasteiger partial charge in [0.2, 0.25) is 5.91 Å². The first-order chi connectivity index (χ1) is 5.58. The van der Waals surface area contributed by atoms with Crippen LogP contribution in [0, 0.1) is 13.8 Å². The molecule has 0 fully saturated rings. The highest BCUT2D eigenvalue weighted by atomic mass is 16.1. The van der Waals surface area contributed by atoms with Crippen molar-refractivity contribution in [3.63, 3.8) is 0 Å². The van der Waals surface area contributed by atoms with E-state index in [-0.39, 0.29) is 5.91 Å². The number of nitrogens with two attached hydrogens (primary N) is 1. The summed E-state index contributed by atoms with van der Waals surface area (Å²) in [6.45, 7) is 3.80. The predicted molar refractivity (Wildman–Crippen MR) is 46.6 cm³/mol. The Morgan fingerprint density at radius 2 is 1.92 bits per heavy atom. The second-order valence-electron chi connectivity index (χ2n) is 2.90. The van der Waals surface area contributed by atoms with Crippen LogP contribution in [0.2, 0.25) is 0 Å². The number of carbonyl (C=O) groups is 1. The van der Waals surface area contributed by atoms with Crippen LogP contribution in [0.25, 0.3) is 0 Å². The smallest absolute Gasteiger partial charge is 0.221 e. The average molecular weight is 164 g/mol. The molecule has 1 heterocycles. The molecule has 0 aliphatic carbocycles. The zero-order valence-corrected chi connectivity index (χ0v) is 7.29. The fraction of sp³-hybridized carbons (Fsp3) is 0.333. The Balaban J connectivity index is 2.93. The molecule has 1 aromatic heterocycles. The minimum Gasteiger partial charge on any atom is -0.369 e. The second kappa shape index (κ2) is 3.34. The maximum absolute atomic E-state index is 10.6. The Bertz CT molecular complexity index is 287. The number of hydrogen-bond donors (Lipinski definition) is 1. The topological polar surface area (TPSA) is 56.0 Å². The summed E-state index contributed by atoms with van der Waals surface area (Å²) >= 11 is 0. The summed E-state index contributed by atoms with van der Waals surface area (Å²) < 4.78 is 0. The number of carbonyl (C=O) groups excluding carboxylic acids is 1. The number of hydrogen-bond acceptors (Lipinski definition) is 2. The zero-order valence-electron chi connectivity index (χ0n) is 7.29. The molecule has 0 aromatic carbocycles. The molecule has 0 saturated heterocycles. The molecule has 0 saturated carbocycles. The van der Waals surface area contributed by atoms with Crippen molar-refractivity contribution < 1.29 is 4.79 Å². The summed E-state index contributed by atoms with van der Waals surface area (Å²) in [5.41, 5.74) is 7.85. The Hall–Kier alpha value is -1.38. The van der Waals surface area contributed by atoms with Gasteiger partial charge in [0, 0.05) is 11.4 Å². The summed E-state index contributed by atoms with van der Waals surface area (Å²) in [6, 6.07) is 3.75. The molecule has 0 aliphatic rings. The minimum absolute atomic E-state index is 0.296. The van der Waals surface area contributed by atoms with E-state index in [1.165, 1.54) is 0 Å². The first-order valence-corrected chi connectivity index (χ1v) is 3.80. The van der Waals surface area contributed by atoms with E-state index in [2.05, 4.69) is 4.98 Å². The van der Waals surface area contributed by atoms with Gasteiger partial charge in [-0.2, -0.15) is 0 Å². The molecule has 12 heavy (non-hydrogen) atoms. The van der Waals surface area contributed by atoms with Gasteiger partial charge in [0.15, 0.2) is 0 Å². The van der Waals surface area contributed by atoms with Gasteiger partial charge in [-0.15, -0.1) is 0 Å². The monoisotopic (exact) mass is 164 g/mol. The van der Waals surface area contributed by atoms with Crippen molar-refractivity contribution in [2.24, 2.45) is 5.73 Å². The van der Waals surface area contributed by atoms with Crippen molar-refractivity contribution in [3.8, 4) is 0 Å². The normalized spacial score (nSPS) is 9.83. The van der Waals surface area contributed by atoms with Gasteiger partial charge in [-0.05, 0) is 31.5 Å². The number of amides is 1. The van der Waals surface area contributed by atoms with E-state index in [0.717, 1.165) is 17.0 Å². The number of pyridine rings is 1. The van der Waals surface area contributed by atoms with Gasteiger partial charge in [-0.1, -0.05) is 0 Å². The summed E-state index contributed by atoms with van der Waals surface area (Å²) in [7, 11) is 0. The fourth-order valence-corrected chi connectivity index (χ4v) is 1.22. The van der Waals surface area contributed by atoms with E-state index in [1.54, 1.807) is 0 Å².